The molecule has 3 N–H and O–H groups in total. The van der Waals surface area contributed by atoms with Gasteiger partial charge in [-0.1, -0.05) is 35.9 Å². The van der Waals surface area contributed by atoms with Gasteiger partial charge in [-0.3, -0.25) is 14.4 Å². The van der Waals surface area contributed by atoms with Gasteiger partial charge in [0.25, 0.3) is 5.91 Å². The molecule has 0 saturated heterocycles. The Hall–Kier alpha value is -2.95. The van der Waals surface area contributed by atoms with Crippen LogP contribution in [0.5, 0.6) is 0 Å². The lowest BCUT2D eigenvalue weighted by molar-refractivity contribution is -0.147. The van der Waals surface area contributed by atoms with Gasteiger partial charge >= 0.3 is 5.97 Å². The SMILES string of the molecule is NC(=O)CCN(C(=O)COC(=O)CCNS(=O)(=O)c1cccc(Cl)c1)c1ccccc1. The predicted molar refractivity (Wildman–Crippen MR) is 115 cm³/mol. The summed E-state index contributed by atoms with van der Waals surface area (Å²) in [5, 5.41) is 0.264. The van der Waals surface area contributed by atoms with Crippen molar-refractivity contribution in [3.63, 3.8) is 0 Å². The molecular weight excluding hydrogens is 446 g/mol. The molecule has 0 saturated carbocycles. The standard InChI is InChI=1S/C20H22ClN3O6S/c21-15-5-4-8-17(13-15)31(28,29)23-11-9-20(27)30-14-19(26)24(12-10-18(22)25)16-6-2-1-3-7-16/h1-8,13,23H,9-12,14H2,(H2,22,25). The molecule has 0 heterocycles. The van der Waals surface area contributed by atoms with Crippen molar-refractivity contribution in [3.05, 3.63) is 59.6 Å². The minimum Gasteiger partial charge on any atom is -0.456 e. The third-order valence-corrected chi connectivity index (χ3v) is 5.73. The summed E-state index contributed by atoms with van der Waals surface area (Å²) in [5.41, 5.74) is 5.68. The predicted octanol–water partition coefficient (Wildman–Crippen LogP) is 1.46. The number of nitrogens with two attached hydrogens (primary N) is 1. The molecular formula is C20H22ClN3O6S. The van der Waals surface area contributed by atoms with Crippen LogP contribution in [0.4, 0.5) is 5.69 Å². The number of sulfonamides is 1. The highest BCUT2D eigenvalue weighted by Crippen LogP contribution is 2.16. The third kappa shape index (κ3) is 8.00. The molecule has 9 nitrogen and oxygen atoms in total. The summed E-state index contributed by atoms with van der Waals surface area (Å²) in [4.78, 5) is 36.7. The number of ether oxygens (including phenoxy) is 1. The first-order chi connectivity index (χ1) is 14.7. The monoisotopic (exact) mass is 467 g/mol. The average Bonchev–Trinajstić information content (AvgIpc) is 2.73. The van der Waals surface area contributed by atoms with Crippen LogP contribution in [0.25, 0.3) is 0 Å². The minimum absolute atomic E-state index is 0.0310. The Morgan fingerprint density at radius 2 is 1.74 bits per heavy atom. The molecule has 0 aromatic heterocycles. The van der Waals surface area contributed by atoms with E-state index in [1.165, 1.54) is 29.2 Å². The molecule has 0 unspecified atom stereocenters. The van der Waals surface area contributed by atoms with Gasteiger partial charge in [-0.15, -0.1) is 0 Å². The second-order valence-corrected chi connectivity index (χ2v) is 8.57. The average molecular weight is 468 g/mol. The van der Waals surface area contributed by atoms with Gasteiger partial charge in [0.05, 0.1) is 11.3 Å². The van der Waals surface area contributed by atoms with Crippen molar-refractivity contribution in [3.8, 4) is 0 Å². The van der Waals surface area contributed by atoms with E-state index in [-0.39, 0.29) is 35.8 Å². The Morgan fingerprint density at radius 3 is 2.39 bits per heavy atom. The number of halogens is 1. The number of primary amides is 1. The van der Waals surface area contributed by atoms with Crippen LogP contribution in [0.2, 0.25) is 5.02 Å². The lowest BCUT2D eigenvalue weighted by Gasteiger charge is -2.22. The van der Waals surface area contributed by atoms with Crippen molar-refractivity contribution >= 4 is 45.1 Å². The lowest BCUT2D eigenvalue weighted by atomic mass is 10.2. The first kappa shape index (κ1) is 24.3. The van der Waals surface area contributed by atoms with Crippen LogP contribution >= 0.6 is 11.6 Å². The number of carbonyl (C=O) groups excluding carboxylic acids is 3. The van der Waals surface area contributed by atoms with Gasteiger partial charge in [-0.25, -0.2) is 13.1 Å². The summed E-state index contributed by atoms with van der Waals surface area (Å²) >= 11 is 5.79. The van der Waals surface area contributed by atoms with Crippen molar-refractivity contribution in [1.82, 2.24) is 4.72 Å². The molecule has 11 heteroatoms. The quantitative estimate of drug-likeness (QED) is 0.480. The van der Waals surface area contributed by atoms with Gasteiger partial charge in [-0.05, 0) is 30.3 Å². The molecule has 0 aliphatic carbocycles. The Morgan fingerprint density at radius 1 is 1.03 bits per heavy atom. The molecule has 0 fully saturated rings. The lowest BCUT2D eigenvalue weighted by Crippen LogP contribution is -2.37. The maximum absolute atomic E-state index is 12.5. The van der Waals surface area contributed by atoms with Gasteiger partial charge in [0, 0.05) is 30.2 Å². The second kappa shape index (κ2) is 11.4. The Bertz CT molecular complexity index is 1030. The van der Waals surface area contributed by atoms with Gasteiger partial charge in [-0.2, -0.15) is 0 Å². The van der Waals surface area contributed by atoms with Crippen LogP contribution in [0.3, 0.4) is 0 Å². The van der Waals surface area contributed by atoms with Crippen molar-refractivity contribution in [2.24, 2.45) is 5.73 Å². The van der Waals surface area contributed by atoms with Crippen molar-refractivity contribution in [2.75, 3.05) is 24.6 Å². The van der Waals surface area contributed by atoms with Gasteiger partial charge in [0.2, 0.25) is 15.9 Å². The summed E-state index contributed by atoms with van der Waals surface area (Å²) in [6.45, 7) is -0.741. The Labute approximate surface area is 185 Å². The number of carbonyl (C=O) groups is 3. The van der Waals surface area contributed by atoms with E-state index in [1.807, 2.05) is 0 Å². The zero-order chi connectivity index (χ0) is 22.9. The largest absolute Gasteiger partial charge is 0.456 e. The number of benzene rings is 2. The summed E-state index contributed by atoms with van der Waals surface area (Å²) in [7, 11) is -3.84. The summed E-state index contributed by atoms with van der Waals surface area (Å²) in [6, 6.07) is 14.2. The van der Waals surface area contributed by atoms with Crippen molar-refractivity contribution in [1.29, 1.82) is 0 Å². The molecule has 0 aliphatic rings. The van der Waals surface area contributed by atoms with E-state index in [4.69, 9.17) is 22.1 Å². The van der Waals surface area contributed by atoms with Crippen LogP contribution in [-0.4, -0.2) is 45.9 Å². The molecule has 2 amide bonds. The number of para-hydroxylation sites is 1. The van der Waals surface area contributed by atoms with Crippen LogP contribution in [0.1, 0.15) is 12.8 Å². The van der Waals surface area contributed by atoms with Crippen molar-refractivity contribution in [2.45, 2.75) is 17.7 Å². The maximum Gasteiger partial charge on any atom is 0.307 e. The smallest absolute Gasteiger partial charge is 0.307 e. The summed E-state index contributed by atoms with van der Waals surface area (Å²) in [6.07, 6.45) is -0.334. The molecule has 31 heavy (non-hydrogen) atoms. The molecule has 166 valence electrons. The molecule has 2 aromatic carbocycles. The fraction of sp³-hybridized carbons (Fsp3) is 0.250. The van der Waals surface area contributed by atoms with Crippen LogP contribution < -0.4 is 15.4 Å². The summed E-state index contributed by atoms with van der Waals surface area (Å²) < 4.78 is 31.6. The zero-order valence-electron chi connectivity index (χ0n) is 16.5. The number of hydrogen-bond acceptors (Lipinski definition) is 6. The second-order valence-electron chi connectivity index (χ2n) is 6.36. The fourth-order valence-electron chi connectivity index (χ4n) is 2.52. The van der Waals surface area contributed by atoms with E-state index in [2.05, 4.69) is 4.72 Å². The Balaban J connectivity index is 1.86. The van der Waals surface area contributed by atoms with E-state index in [9.17, 15) is 22.8 Å². The van der Waals surface area contributed by atoms with Crippen molar-refractivity contribution < 1.29 is 27.5 Å². The minimum atomic E-state index is -3.84. The highest BCUT2D eigenvalue weighted by atomic mass is 35.5. The van der Waals surface area contributed by atoms with Crippen LogP contribution in [-0.2, 0) is 29.1 Å². The van der Waals surface area contributed by atoms with E-state index in [0.717, 1.165) is 0 Å². The summed E-state index contributed by atoms with van der Waals surface area (Å²) in [5.74, 6) is -1.87. The molecule has 0 spiro atoms. The molecule has 2 rings (SSSR count). The maximum atomic E-state index is 12.5. The van der Waals surface area contributed by atoms with Gasteiger partial charge in [0.1, 0.15) is 0 Å². The van der Waals surface area contributed by atoms with Crippen LogP contribution in [0, 0.1) is 0 Å². The molecule has 0 radical (unpaired) electrons. The molecule has 0 bridgehead atoms. The van der Waals surface area contributed by atoms with Gasteiger partial charge in [0.15, 0.2) is 6.61 Å². The van der Waals surface area contributed by atoms with E-state index in [1.54, 1.807) is 30.3 Å². The van der Waals surface area contributed by atoms with E-state index in [0.29, 0.717) is 5.69 Å². The highest BCUT2D eigenvalue weighted by Gasteiger charge is 2.19. The zero-order valence-corrected chi connectivity index (χ0v) is 18.1. The first-order valence-electron chi connectivity index (χ1n) is 9.23. The van der Waals surface area contributed by atoms with Gasteiger partial charge < -0.3 is 15.4 Å². The molecule has 2 aromatic rings. The number of nitrogens with zero attached hydrogens (tertiary/aromatic N) is 1. The number of nitrogens with one attached hydrogen (secondary N) is 1. The topological polar surface area (TPSA) is 136 Å². The number of esters is 1. The third-order valence-electron chi connectivity index (χ3n) is 4.03. The number of amides is 2. The Kier molecular flexibility index (Phi) is 8.98. The molecule has 0 aliphatic heterocycles. The number of hydrogen-bond donors (Lipinski definition) is 2. The van der Waals surface area contributed by atoms with E-state index >= 15 is 0 Å². The first-order valence-corrected chi connectivity index (χ1v) is 11.1. The number of rotatable bonds is 11. The normalized spacial score (nSPS) is 11.0. The molecule has 0 atom stereocenters. The number of anilines is 1. The fourth-order valence-corrected chi connectivity index (χ4v) is 3.86. The van der Waals surface area contributed by atoms with E-state index < -0.39 is 34.4 Å². The highest BCUT2D eigenvalue weighted by molar-refractivity contribution is 7.89. The van der Waals surface area contributed by atoms with Crippen LogP contribution in [0.15, 0.2) is 59.5 Å².